The van der Waals surface area contributed by atoms with Crippen molar-refractivity contribution in [3.8, 4) is 0 Å². The number of rotatable bonds is 6. The zero-order valence-electron chi connectivity index (χ0n) is 12.9. The van der Waals surface area contributed by atoms with E-state index >= 15 is 0 Å². The molecule has 1 fully saturated rings. The summed E-state index contributed by atoms with van der Waals surface area (Å²) in [6.45, 7) is 2.05. The number of likely N-dealkylation sites (tertiary alicyclic amines) is 1. The van der Waals surface area contributed by atoms with Crippen LogP contribution in [-0.2, 0) is 10.0 Å². The van der Waals surface area contributed by atoms with Crippen molar-refractivity contribution in [1.82, 2.24) is 9.62 Å². The van der Waals surface area contributed by atoms with Crippen molar-refractivity contribution >= 4 is 21.4 Å². The molecule has 24 heavy (non-hydrogen) atoms. The van der Waals surface area contributed by atoms with E-state index < -0.39 is 21.7 Å². The van der Waals surface area contributed by atoms with Crippen LogP contribution < -0.4 is 4.72 Å². The van der Waals surface area contributed by atoms with Crippen molar-refractivity contribution in [2.45, 2.75) is 23.8 Å². The topological polar surface area (TPSA) is 49.4 Å². The summed E-state index contributed by atoms with van der Waals surface area (Å²) in [5.41, 5.74) is 0. The maximum absolute atomic E-state index is 13.3. The zero-order chi connectivity index (χ0) is 17.2. The Morgan fingerprint density at radius 1 is 1.17 bits per heavy atom. The Kier molecular flexibility index (Phi) is 5.29. The molecule has 1 aromatic carbocycles. The highest BCUT2D eigenvalue weighted by atomic mass is 32.2. The molecule has 4 nitrogen and oxygen atoms in total. The van der Waals surface area contributed by atoms with Gasteiger partial charge in [-0.2, -0.15) is 0 Å². The Morgan fingerprint density at radius 2 is 1.92 bits per heavy atom. The quantitative estimate of drug-likeness (QED) is 0.848. The third-order valence-corrected chi connectivity index (χ3v) is 6.52. The maximum atomic E-state index is 13.3. The van der Waals surface area contributed by atoms with E-state index in [0.717, 1.165) is 42.9 Å². The summed E-state index contributed by atoms with van der Waals surface area (Å²) in [5, 5.41) is 1.96. The lowest BCUT2D eigenvalue weighted by atomic mass is 10.2. The number of hydrogen-bond donors (Lipinski definition) is 1. The summed E-state index contributed by atoms with van der Waals surface area (Å²) < 4.78 is 53.6. The molecule has 1 aliphatic heterocycles. The largest absolute Gasteiger partial charge is 0.294 e. The minimum Gasteiger partial charge on any atom is -0.294 e. The van der Waals surface area contributed by atoms with Crippen LogP contribution in [0.5, 0.6) is 0 Å². The summed E-state index contributed by atoms with van der Waals surface area (Å²) in [6, 6.07) is 6.46. The van der Waals surface area contributed by atoms with E-state index in [0.29, 0.717) is 6.07 Å². The molecule has 0 saturated carbocycles. The maximum Gasteiger partial charge on any atom is 0.240 e. The number of thiophene rings is 1. The molecule has 0 spiro atoms. The van der Waals surface area contributed by atoms with Crippen molar-refractivity contribution in [2.24, 2.45) is 0 Å². The van der Waals surface area contributed by atoms with Crippen molar-refractivity contribution in [2.75, 3.05) is 19.6 Å². The fraction of sp³-hybridized carbons (Fsp3) is 0.375. The van der Waals surface area contributed by atoms with Crippen LogP contribution in [0.25, 0.3) is 0 Å². The smallest absolute Gasteiger partial charge is 0.240 e. The highest BCUT2D eigenvalue weighted by molar-refractivity contribution is 7.89. The number of benzene rings is 1. The van der Waals surface area contributed by atoms with Crippen molar-refractivity contribution in [3.63, 3.8) is 0 Å². The third-order valence-electron chi connectivity index (χ3n) is 4.12. The fourth-order valence-corrected chi connectivity index (χ4v) is 4.77. The number of hydrogen-bond acceptors (Lipinski definition) is 4. The minimum atomic E-state index is -3.89. The summed E-state index contributed by atoms with van der Waals surface area (Å²) in [6.07, 6.45) is 2.19. The van der Waals surface area contributed by atoms with Crippen LogP contribution in [0.2, 0.25) is 0 Å². The molecule has 0 unspecified atom stereocenters. The van der Waals surface area contributed by atoms with E-state index in [4.69, 9.17) is 0 Å². The van der Waals surface area contributed by atoms with Gasteiger partial charge in [0.05, 0.1) is 10.9 Å². The summed E-state index contributed by atoms with van der Waals surface area (Å²) in [4.78, 5) is 3.07. The molecule has 8 heteroatoms. The predicted octanol–water partition coefficient (Wildman–Crippen LogP) is 3.14. The van der Waals surface area contributed by atoms with E-state index in [2.05, 4.69) is 9.62 Å². The lowest BCUT2D eigenvalue weighted by molar-refractivity contribution is 0.250. The normalized spacial score (nSPS) is 17.2. The van der Waals surface area contributed by atoms with E-state index in [-0.39, 0.29) is 17.5 Å². The van der Waals surface area contributed by atoms with Crippen LogP contribution >= 0.6 is 11.3 Å². The van der Waals surface area contributed by atoms with Gasteiger partial charge in [-0.25, -0.2) is 21.9 Å². The van der Waals surface area contributed by atoms with Gasteiger partial charge in [0.1, 0.15) is 0 Å². The summed E-state index contributed by atoms with van der Waals surface area (Å²) >= 11 is 1.58. The van der Waals surface area contributed by atoms with Crippen molar-refractivity contribution in [3.05, 3.63) is 52.2 Å². The van der Waals surface area contributed by atoms with Crippen LogP contribution in [0.3, 0.4) is 0 Å². The highest BCUT2D eigenvalue weighted by Crippen LogP contribution is 2.28. The molecule has 3 rings (SSSR count). The Morgan fingerprint density at radius 3 is 2.54 bits per heavy atom. The molecule has 0 radical (unpaired) electrons. The second-order valence-corrected chi connectivity index (χ2v) is 8.45. The van der Waals surface area contributed by atoms with Gasteiger partial charge in [-0.15, -0.1) is 11.3 Å². The van der Waals surface area contributed by atoms with E-state index in [1.54, 1.807) is 11.3 Å². The molecule has 0 amide bonds. The Labute approximate surface area is 144 Å². The van der Waals surface area contributed by atoms with Gasteiger partial charge in [0, 0.05) is 11.4 Å². The molecule has 1 aliphatic rings. The molecule has 0 aliphatic carbocycles. The predicted molar refractivity (Wildman–Crippen MR) is 89.4 cm³/mol. The molecule has 130 valence electrons. The van der Waals surface area contributed by atoms with Crippen LogP contribution in [-0.4, -0.2) is 33.0 Å². The van der Waals surface area contributed by atoms with Crippen LogP contribution in [0, 0.1) is 11.6 Å². The van der Waals surface area contributed by atoms with Gasteiger partial charge in [-0.3, -0.25) is 4.90 Å². The molecule has 1 atom stereocenters. The lowest BCUT2D eigenvalue weighted by Crippen LogP contribution is -2.36. The molecular weight excluding hydrogens is 354 g/mol. The SMILES string of the molecule is O=S(=O)(NC[C@H](c1cccs1)N1CCCC1)c1ccc(F)c(F)c1. The first-order valence-corrected chi connectivity index (χ1v) is 10.1. The first-order valence-electron chi connectivity index (χ1n) is 7.69. The highest BCUT2D eigenvalue weighted by Gasteiger charge is 2.26. The Bertz CT molecular complexity index is 788. The fourth-order valence-electron chi connectivity index (χ4n) is 2.86. The number of nitrogens with one attached hydrogen (secondary N) is 1. The average molecular weight is 372 g/mol. The molecule has 2 aromatic rings. The van der Waals surface area contributed by atoms with Crippen molar-refractivity contribution < 1.29 is 17.2 Å². The van der Waals surface area contributed by atoms with E-state index in [9.17, 15) is 17.2 Å². The Hall–Kier alpha value is -1.35. The van der Waals surface area contributed by atoms with Gasteiger partial charge >= 0.3 is 0 Å². The molecule has 1 N–H and O–H groups in total. The van der Waals surface area contributed by atoms with Crippen molar-refractivity contribution in [1.29, 1.82) is 0 Å². The molecule has 2 heterocycles. The molecule has 0 bridgehead atoms. The Balaban J connectivity index is 1.76. The number of nitrogens with zero attached hydrogens (tertiary/aromatic N) is 1. The molecule has 1 aromatic heterocycles. The van der Waals surface area contributed by atoms with Gasteiger partial charge in [-0.05, 0) is 55.6 Å². The number of halogens is 2. The minimum absolute atomic E-state index is 0.0485. The third kappa shape index (κ3) is 3.83. The number of sulfonamides is 1. The van der Waals surface area contributed by atoms with Gasteiger partial charge in [0.25, 0.3) is 0 Å². The first-order chi connectivity index (χ1) is 11.5. The monoisotopic (exact) mass is 372 g/mol. The average Bonchev–Trinajstić information content (AvgIpc) is 3.24. The van der Waals surface area contributed by atoms with Crippen LogP contribution in [0.4, 0.5) is 8.78 Å². The first kappa shape index (κ1) is 17.5. The molecular formula is C16H18F2N2O2S2. The standard InChI is InChI=1S/C16H18F2N2O2S2/c17-13-6-5-12(10-14(13)18)24(21,22)19-11-15(16-4-3-9-23-16)20-7-1-2-8-20/h3-6,9-10,15,19H,1-2,7-8,11H2/t15-/m1/s1. The summed E-state index contributed by atoms with van der Waals surface area (Å²) in [7, 11) is -3.89. The summed E-state index contributed by atoms with van der Waals surface area (Å²) in [5.74, 6) is -2.24. The van der Waals surface area contributed by atoms with Crippen LogP contribution in [0.15, 0.2) is 40.6 Å². The second kappa shape index (κ2) is 7.26. The second-order valence-electron chi connectivity index (χ2n) is 5.70. The van der Waals surface area contributed by atoms with Gasteiger partial charge in [-0.1, -0.05) is 6.07 Å². The van der Waals surface area contributed by atoms with Gasteiger partial charge in [0.15, 0.2) is 11.6 Å². The molecule has 1 saturated heterocycles. The van der Waals surface area contributed by atoms with Gasteiger partial charge in [0.2, 0.25) is 10.0 Å². The van der Waals surface area contributed by atoms with Crippen LogP contribution in [0.1, 0.15) is 23.8 Å². The lowest BCUT2D eigenvalue weighted by Gasteiger charge is -2.26. The van der Waals surface area contributed by atoms with E-state index in [1.807, 2.05) is 17.5 Å². The zero-order valence-corrected chi connectivity index (χ0v) is 14.5. The van der Waals surface area contributed by atoms with E-state index in [1.165, 1.54) is 0 Å². The van der Waals surface area contributed by atoms with Gasteiger partial charge < -0.3 is 0 Å².